The van der Waals surface area contributed by atoms with Crippen LogP contribution in [0.3, 0.4) is 0 Å². The maximum Gasteiger partial charge on any atom is 0.230 e. The number of rotatable bonds is 18. The zero-order valence-electron chi connectivity index (χ0n) is 25.3. The van der Waals surface area contributed by atoms with Crippen LogP contribution in [0.4, 0.5) is 0 Å². The fraction of sp³-hybridized carbons (Fsp3) is 0.618. The molecule has 6 unspecified atom stereocenters. The Kier molecular flexibility index (Phi) is 12.4. The number of aliphatic hydroxyl groups excluding tert-OH is 2. The number of nitrogens with zero attached hydrogens (tertiary/aromatic N) is 1. The van der Waals surface area contributed by atoms with E-state index in [-0.39, 0.29) is 42.1 Å². The van der Waals surface area contributed by atoms with Gasteiger partial charge in [0.05, 0.1) is 23.5 Å². The first kappa shape index (κ1) is 32.6. The molecule has 1 aromatic rings. The van der Waals surface area contributed by atoms with Gasteiger partial charge in [0.1, 0.15) is 24.7 Å². The number of thioether (sulfide) groups is 1. The Hall–Kier alpha value is -2.26. The Morgan fingerprint density at radius 1 is 1.07 bits per heavy atom. The van der Waals surface area contributed by atoms with Crippen LogP contribution in [0.2, 0.25) is 0 Å². The van der Waals surface area contributed by atoms with Crippen LogP contribution in [0.5, 0.6) is 11.5 Å². The van der Waals surface area contributed by atoms with Crippen molar-refractivity contribution in [3.05, 3.63) is 60.7 Å². The Bertz CT molecular complexity index is 1110. The molecule has 1 heterocycles. The Morgan fingerprint density at radius 2 is 1.83 bits per heavy atom. The molecule has 1 aromatic carbocycles. The minimum absolute atomic E-state index is 0.000166. The number of aliphatic hydroxyl groups is 2. The highest BCUT2D eigenvalue weighted by Crippen LogP contribution is 2.62. The van der Waals surface area contributed by atoms with E-state index < -0.39 is 5.79 Å². The number of ether oxygens (including phenoxy) is 3. The quantitative estimate of drug-likeness (QED) is 0.111. The summed E-state index contributed by atoms with van der Waals surface area (Å²) in [6.45, 7) is 13.6. The lowest BCUT2D eigenvalue weighted by atomic mass is 9.56. The van der Waals surface area contributed by atoms with Crippen LogP contribution in [0.15, 0.2) is 60.3 Å². The van der Waals surface area contributed by atoms with Crippen LogP contribution in [0.25, 0.3) is 0 Å². The molecular weight excluding hydrogens is 550 g/mol. The number of allylic oxidation sites excluding steroid dienone is 1. The number of hydrogen-bond donors (Lipinski definition) is 2. The standard InChI is InChI=1S/C34H49NO6S/c1-5-19-38-25-15-16-30-28(22-25)32-26(14-10-12-18-37)24(13-9-11-17-36)21-27-29(35-40-7-3)23-31(42-8-4)34(41-30,33(27)32)39-20-6-2/h5-6,15-16,21-22,24,26,31-33,36-37H,1-2,7-14,17-20,23H2,3-4H3. The first-order valence-electron chi connectivity index (χ1n) is 15.6. The first-order chi connectivity index (χ1) is 20.6. The van der Waals surface area contributed by atoms with Gasteiger partial charge in [-0.3, -0.25) is 0 Å². The van der Waals surface area contributed by atoms with Crippen molar-refractivity contribution in [3.8, 4) is 11.5 Å². The Labute approximate surface area is 256 Å². The van der Waals surface area contributed by atoms with E-state index >= 15 is 0 Å². The van der Waals surface area contributed by atoms with Gasteiger partial charge >= 0.3 is 0 Å². The molecule has 4 rings (SSSR count). The second kappa shape index (κ2) is 16.0. The van der Waals surface area contributed by atoms with Gasteiger partial charge < -0.3 is 29.3 Å². The lowest BCUT2D eigenvalue weighted by Gasteiger charge is -2.58. The summed E-state index contributed by atoms with van der Waals surface area (Å²) in [5.74, 6) is 2.16. The molecule has 232 valence electrons. The maximum atomic E-state index is 9.68. The molecule has 8 heteroatoms. The highest BCUT2D eigenvalue weighted by atomic mass is 32.2. The molecule has 1 saturated carbocycles. The first-order valence-corrected chi connectivity index (χ1v) is 16.7. The van der Waals surface area contributed by atoms with Gasteiger partial charge in [0, 0.05) is 31.1 Å². The topological polar surface area (TPSA) is 89.7 Å². The van der Waals surface area contributed by atoms with Crippen molar-refractivity contribution in [2.75, 3.05) is 38.8 Å². The van der Waals surface area contributed by atoms with Gasteiger partial charge in [0.15, 0.2) is 0 Å². The van der Waals surface area contributed by atoms with Crippen LogP contribution in [-0.4, -0.2) is 65.7 Å². The molecule has 0 saturated heterocycles. The van der Waals surface area contributed by atoms with Gasteiger partial charge in [0.25, 0.3) is 0 Å². The third kappa shape index (κ3) is 6.93. The highest BCUT2D eigenvalue weighted by molar-refractivity contribution is 8.00. The zero-order valence-corrected chi connectivity index (χ0v) is 26.2. The third-order valence-corrected chi connectivity index (χ3v) is 9.89. The van der Waals surface area contributed by atoms with Crippen molar-refractivity contribution in [1.29, 1.82) is 0 Å². The number of benzene rings is 1. The van der Waals surface area contributed by atoms with E-state index in [1.807, 2.05) is 30.8 Å². The van der Waals surface area contributed by atoms with E-state index in [9.17, 15) is 10.2 Å². The van der Waals surface area contributed by atoms with Crippen LogP contribution >= 0.6 is 11.8 Å². The van der Waals surface area contributed by atoms with E-state index in [1.165, 1.54) is 0 Å². The highest BCUT2D eigenvalue weighted by Gasteiger charge is 2.63. The third-order valence-electron chi connectivity index (χ3n) is 8.66. The SMILES string of the molecule is C=CCOc1ccc2c(c1)C1C(CCCCO)C(CCCCO)C=C3C(=NOCC)CC(SCC)C(OCC=C)(O2)C31. The second-order valence-electron chi connectivity index (χ2n) is 11.2. The molecule has 0 bridgehead atoms. The zero-order chi connectivity index (χ0) is 30.0. The summed E-state index contributed by atoms with van der Waals surface area (Å²) in [6.07, 6.45) is 12.0. The largest absolute Gasteiger partial charge is 0.490 e. The smallest absolute Gasteiger partial charge is 0.230 e. The molecule has 2 aliphatic carbocycles. The fourth-order valence-electron chi connectivity index (χ4n) is 7.06. The van der Waals surface area contributed by atoms with Gasteiger partial charge in [-0.2, -0.15) is 11.8 Å². The van der Waals surface area contributed by atoms with E-state index in [4.69, 9.17) is 24.2 Å². The predicted octanol–water partition coefficient (Wildman–Crippen LogP) is 6.66. The van der Waals surface area contributed by atoms with Crippen molar-refractivity contribution >= 4 is 17.5 Å². The average molecular weight is 600 g/mol. The van der Waals surface area contributed by atoms with Crippen molar-refractivity contribution in [2.45, 2.75) is 75.7 Å². The van der Waals surface area contributed by atoms with Gasteiger partial charge in [-0.15, -0.1) is 6.58 Å². The molecule has 3 aliphatic rings. The fourth-order valence-corrected chi connectivity index (χ4v) is 8.24. The van der Waals surface area contributed by atoms with Crippen LogP contribution < -0.4 is 9.47 Å². The molecule has 6 atom stereocenters. The van der Waals surface area contributed by atoms with Crippen molar-refractivity contribution < 1.29 is 29.3 Å². The monoisotopic (exact) mass is 599 g/mol. The molecule has 7 nitrogen and oxygen atoms in total. The predicted molar refractivity (Wildman–Crippen MR) is 170 cm³/mol. The van der Waals surface area contributed by atoms with Gasteiger partial charge in [0.2, 0.25) is 5.79 Å². The van der Waals surface area contributed by atoms with Crippen molar-refractivity contribution in [3.63, 3.8) is 0 Å². The van der Waals surface area contributed by atoms with Crippen LogP contribution in [0, 0.1) is 17.8 Å². The lowest BCUT2D eigenvalue weighted by Crippen LogP contribution is -2.64. The van der Waals surface area contributed by atoms with Crippen LogP contribution in [0.1, 0.15) is 70.3 Å². The van der Waals surface area contributed by atoms with Crippen molar-refractivity contribution in [2.24, 2.45) is 22.9 Å². The number of fused-ring (bicyclic) bond motifs is 2. The summed E-state index contributed by atoms with van der Waals surface area (Å²) in [5, 5.41) is 24.0. The molecule has 0 amide bonds. The van der Waals surface area contributed by atoms with E-state index in [1.54, 1.807) is 12.2 Å². The Balaban J connectivity index is 1.95. The van der Waals surface area contributed by atoms with E-state index in [2.05, 4.69) is 32.2 Å². The van der Waals surface area contributed by atoms with Crippen molar-refractivity contribution in [1.82, 2.24) is 0 Å². The number of hydrogen-bond acceptors (Lipinski definition) is 8. The lowest BCUT2D eigenvalue weighted by molar-refractivity contribution is -0.223. The summed E-state index contributed by atoms with van der Waals surface area (Å²) in [5.41, 5.74) is 3.26. The molecule has 2 N–H and O–H groups in total. The molecule has 42 heavy (non-hydrogen) atoms. The van der Waals surface area contributed by atoms with Gasteiger partial charge in [-0.25, -0.2) is 0 Å². The van der Waals surface area contributed by atoms with E-state index in [0.29, 0.717) is 26.2 Å². The van der Waals surface area contributed by atoms with Crippen LogP contribution in [-0.2, 0) is 9.57 Å². The van der Waals surface area contributed by atoms with E-state index in [0.717, 1.165) is 72.6 Å². The molecule has 0 spiro atoms. The van der Waals surface area contributed by atoms with Gasteiger partial charge in [-0.05, 0) is 74.0 Å². The second-order valence-corrected chi connectivity index (χ2v) is 12.7. The average Bonchev–Trinajstić information content (AvgIpc) is 3.00. The normalized spacial score (nSPS) is 28.7. The summed E-state index contributed by atoms with van der Waals surface area (Å²) in [4.78, 5) is 5.71. The molecule has 1 fully saturated rings. The summed E-state index contributed by atoms with van der Waals surface area (Å²) in [7, 11) is 0. The maximum absolute atomic E-state index is 9.68. The summed E-state index contributed by atoms with van der Waals surface area (Å²) >= 11 is 1.85. The molecule has 1 aliphatic heterocycles. The summed E-state index contributed by atoms with van der Waals surface area (Å²) < 4.78 is 19.9. The Morgan fingerprint density at radius 3 is 2.52 bits per heavy atom. The minimum atomic E-state index is -0.904. The minimum Gasteiger partial charge on any atom is -0.490 e. The summed E-state index contributed by atoms with van der Waals surface area (Å²) in [6, 6.07) is 6.14. The molecule has 0 aromatic heterocycles. The number of oxime groups is 1. The molecular formula is C34H49NO6S. The molecule has 0 radical (unpaired) electrons. The number of unbranched alkanes of at least 4 members (excludes halogenated alkanes) is 2. The van der Waals surface area contributed by atoms with Gasteiger partial charge in [-0.1, -0.05) is 49.7 Å².